The van der Waals surface area contributed by atoms with E-state index < -0.39 is 10.0 Å². The zero-order chi connectivity index (χ0) is 12.0. The van der Waals surface area contributed by atoms with Crippen LogP contribution in [0, 0.1) is 0 Å². The van der Waals surface area contributed by atoms with Gasteiger partial charge in [0, 0.05) is 25.7 Å². The third-order valence-corrected chi connectivity index (χ3v) is 4.22. The highest BCUT2D eigenvalue weighted by Crippen LogP contribution is 2.14. The maximum atomic E-state index is 11.1. The third kappa shape index (κ3) is 4.78. The molecule has 0 amide bonds. The summed E-state index contributed by atoms with van der Waals surface area (Å²) in [7, 11) is -3.06. The number of hydrogen-bond donors (Lipinski definition) is 2. The summed E-state index contributed by atoms with van der Waals surface area (Å²) in [5, 5.41) is 3.27. The largest absolute Gasteiger partial charge is 0.377 e. The summed E-state index contributed by atoms with van der Waals surface area (Å²) in [6, 6.07) is 0.286. The highest BCUT2D eigenvalue weighted by Gasteiger charge is 2.21. The standard InChI is InChI=1S/C10H22N2O3S/c1-3-16(13,14)12-7-6-11-9(2)10-5-4-8-15-10/h9-12H,3-8H2,1-2H3. The average Bonchev–Trinajstić information content (AvgIpc) is 2.77. The topological polar surface area (TPSA) is 67.4 Å². The Morgan fingerprint density at radius 3 is 2.75 bits per heavy atom. The van der Waals surface area contributed by atoms with E-state index in [4.69, 9.17) is 4.74 Å². The molecule has 0 aromatic rings. The van der Waals surface area contributed by atoms with Gasteiger partial charge in [0.05, 0.1) is 11.9 Å². The lowest BCUT2D eigenvalue weighted by Crippen LogP contribution is -2.41. The van der Waals surface area contributed by atoms with E-state index in [2.05, 4.69) is 17.0 Å². The SMILES string of the molecule is CCS(=O)(=O)NCCNC(C)C1CCCO1. The van der Waals surface area contributed by atoms with Crippen molar-refractivity contribution >= 4 is 10.0 Å². The summed E-state index contributed by atoms with van der Waals surface area (Å²) in [5.41, 5.74) is 0. The minimum absolute atomic E-state index is 0.133. The van der Waals surface area contributed by atoms with Crippen LogP contribution in [0.3, 0.4) is 0 Å². The maximum absolute atomic E-state index is 11.1. The van der Waals surface area contributed by atoms with E-state index in [0.29, 0.717) is 13.1 Å². The second-order valence-electron chi connectivity index (χ2n) is 4.09. The van der Waals surface area contributed by atoms with E-state index >= 15 is 0 Å². The molecule has 96 valence electrons. The molecule has 1 aliphatic heterocycles. The van der Waals surface area contributed by atoms with Gasteiger partial charge in [0.1, 0.15) is 0 Å². The molecule has 1 saturated heterocycles. The van der Waals surface area contributed by atoms with Gasteiger partial charge in [-0.3, -0.25) is 0 Å². The van der Waals surface area contributed by atoms with Crippen LogP contribution in [0.2, 0.25) is 0 Å². The zero-order valence-electron chi connectivity index (χ0n) is 10.0. The molecule has 0 aromatic heterocycles. The lowest BCUT2D eigenvalue weighted by Gasteiger charge is -2.19. The van der Waals surface area contributed by atoms with Crippen LogP contribution < -0.4 is 10.0 Å². The Morgan fingerprint density at radius 1 is 1.44 bits per heavy atom. The molecule has 1 heterocycles. The van der Waals surface area contributed by atoms with Gasteiger partial charge >= 0.3 is 0 Å². The Balaban J connectivity index is 2.11. The van der Waals surface area contributed by atoms with Crippen molar-refractivity contribution in [3.05, 3.63) is 0 Å². The van der Waals surface area contributed by atoms with Crippen molar-refractivity contribution in [1.82, 2.24) is 10.0 Å². The predicted octanol–water partition coefficient (Wildman–Crippen LogP) is 0.0828. The molecule has 0 aliphatic carbocycles. The number of nitrogens with one attached hydrogen (secondary N) is 2. The molecular weight excluding hydrogens is 228 g/mol. The van der Waals surface area contributed by atoms with Crippen LogP contribution >= 0.6 is 0 Å². The molecule has 0 bridgehead atoms. The van der Waals surface area contributed by atoms with Crippen molar-refractivity contribution in [3.8, 4) is 0 Å². The second kappa shape index (κ2) is 6.54. The van der Waals surface area contributed by atoms with Crippen molar-refractivity contribution in [2.24, 2.45) is 0 Å². The summed E-state index contributed by atoms with van der Waals surface area (Å²) in [5.74, 6) is 0.133. The van der Waals surface area contributed by atoms with Gasteiger partial charge in [0.2, 0.25) is 10.0 Å². The summed E-state index contributed by atoms with van der Waals surface area (Å²) in [6.07, 6.45) is 2.50. The van der Waals surface area contributed by atoms with E-state index in [1.165, 1.54) is 0 Å². The quantitative estimate of drug-likeness (QED) is 0.628. The monoisotopic (exact) mass is 250 g/mol. The number of ether oxygens (including phenoxy) is 1. The molecule has 0 spiro atoms. The van der Waals surface area contributed by atoms with Crippen molar-refractivity contribution in [2.75, 3.05) is 25.4 Å². The van der Waals surface area contributed by atoms with Gasteiger partial charge in [0.15, 0.2) is 0 Å². The molecule has 2 N–H and O–H groups in total. The average molecular weight is 250 g/mol. The Bertz CT molecular complexity index is 286. The maximum Gasteiger partial charge on any atom is 0.211 e. The Kier molecular flexibility index (Phi) is 5.68. The number of hydrogen-bond acceptors (Lipinski definition) is 4. The molecular formula is C10H22N2O3S. The van der Waals surface area contributed by atoms with Gasteiger partial charge in [-0.2, -0.15) is 0 Å². The highest BCUT2D eigenvalue weighted by molar-refractivity contribution is 7.89. The number of rotatable bonds is 7. The summed E-state index contributed by atoms with van der Waals surface area (Å²) in [6.45, 7) is 5.63. The molecule has 1 aliphatic rings. The fourth-order valence-corrected chi connectivity index (χ4v) is 2.35. The predicted molar refractivity (Wildman–Crippen MR) is 63.9 cm³/mol. The molecule has 2 unspecified atom stereocenters. The van der Waals surface area contributed by atoms with Crippen molar-refractivity contribution < 1.29 is 13.2 Å². The first-order valence-electron chi connectivity index (χ1n) is 5.87. The molecule has 0 saturated carbocycles. The first-order chi connectivity index (χ1) is 7.55. The van der Waals surface area contributed by atoms with Crippen LogP contribution in [0.25, 0.3) is 0 Å². The van der Waals surface area contributed by atoms with Crippen LogP contribution in [-0.4, -0.2) is 46.0 Å². The Morgan fingerprint density at radius 2 is 2.19 bits per heavy atom. The van der Waals surface area contributed by atoms with Gasteiger partial charge < -0.3 is 10.1 Å². The minimum atomic E-state index is -3.06. The molecule has 1 rings (SSSR count). The summed E-state index contributed by atoms with van der Waals surface area (Å²) in [4.78, 5) is 0. The lowest BCUT2D eigenvalue weighted by atomic mass is 10.1. The van der Waals surface area contributed by atoms with Gasteiger partial charge in [-0.25, -0.2) is 13.1 Å². The van der Waals surface area contributed by atoms with Crippen LogP contribution in [0.5, 0.6) is 0 Å². The Hall–Kier alpha value is -0.170. The van der Waals surface area contributed by atoms with E-state index in [0.717, 1.165) is 19.4 Å². The molecule has 6 heteroatoms. The Labute approximate surface area is 98.0 Å². The van der Waals surface area contributed by atoms with Crippen LogP contribution in [0.1, 0.15) is 26.7 Å². The molecule has 16 heavy (non-hydrogen) atoms. The molecule has 0 aromatic carbocycles. The normalized spacial score (nSPS) is 23.5. The lowest BCUT2D eigenvalue weighted by molar-refractivity contribution is 0.0840. The highest BCUT2D eigenvalue weighted by atomic mass is 32.2. The van der Waals surface area contributed by atoms with Gasteiger partial charge in [-0.15, -0.1) is 0 Å². The fourth-order valence-electron chi connectivity index (χ4n) is 1.74. The molecule has 0 radical (unpaired) electrons. The number of sulfonamides is 1. The smallest absolute Gasteiger partial charge is 0.211 e. The molecule has 2 atom stereocenters. The minimum Gasteiger partial charge on any atom is -0.377 e. The van der Waals surface area contributed by atoms with Crippen molar-refractivity contribution in [2.45, 2.75) is 38.8 Å². The van der Waals surface area contributed by atoms with Gasteiger partial charge in [0.25, 0.3) is 0 Å². The first kappa shape index (κ1) is 13.9. The van der Waals surface area contributed by atoms with E-state index in [1.807, 2.05) is 0 Å². The van der Waals surface area contributed by atoms with E-state index in [1.54, 1.807) is 6.92 Å². The zero-order valence-corrected chi connectivity index (χ0v) is 10.8. The second-order valence-corrected chi connectivity index (χ2v) is 6.19. The van der Waals surface area contributed by atoms with Gasteiger partial charge in [-0.1, -0.05) is 0 Å². The van der Waals surface area contributed by atoms with E-state index in [9.17, 15) is 8.42 Å². The van der Waals surface area contributed by atoms with Crippen LogP contribution in [-0.2, 0) is 14.8 Å². The van der Waals surface area contributed by atoms with Crippen molar-refractivity contribution in [1.29, 1.82) is 0 Å². The van der Waals surface area contributed by atoms with E-state index in [-0.39, 0.29) is 17.9 Å². The van der Waals surface area contributed by atoms with Gasteiger partial charge in [-0.05, 0) is 26.7 Å². The molecule has 5 nitrogen and oxygen atoms in total. The fraction of sp³-hybridized carbons (Fsp3) is 1.00. The molecule has 1 fully saturated rings. The third-order valence-electron chi connectivity index (χ3n) is 2.82. The van der Waals surface area contributed by atoms with Crippen molar-refractivity contribution in [3.63, 3.8) is 0 Å². The first-order valence-corrected chi connectivity index (χ1v) is 7.52. The van der Waals surface area contributed by atoms with Crippen LogP contribution in [0.4, 0.5) is 0 Å². The summed E-state index contributed by atoms with van der Waals surface area (Å²) < 4.78 is 30.3. The summed E-state index contributed by atoms with van der Waals surface area (Å²) >= 11 is 0. The van der Waals surface area contributed by atoms with Crippen LogP contribution in [0.15, 0.2) is 0 Å².